The monoisotopic (exact) mass is 188 g/mol. The molecular formula is C9H20O2Si. The van der Waals surface area contributed by atoms with Crippen molar-refractivity contribution in [1.29, 1.82) is 0 Å². The normalized spacial score (nSPS) is 22.8. The van der Waals surface area contributed by atoms with Crippen molar-refractivity contribution in [2.75, 3.05) is 13.2 Å². The maximum Gasteiger partial charge on any atom is 0.183 e. The first-order valence-electron chi connectivity index (χ1n) is 4.83. The van der Waals surface area contributed by atoms with Crippen molar-refractivity contribution in [1.82, 2.24) is 0 Å². The van der Waals surface area contributed by atoms with Gasteiger partial charge in [0.05, 0.1) is 12.7 Å². The fourth-order valence-electron chi connectivity index (χ4n) is 1.09. The first-order chi connectivity index (χ1) is 5.58. The third-order valence-corrected chi connectivity index (χ3v) is 2.93. The van der Waals surface area contributed by atoms with E-state index in [1.807, 2.05) is 0 Å². The molecule has 0 spiro atoms. The Bertz CT molecular complexity index is 127. The fraction of sp³-hybridized carbons (Fsp3) is 1.00. The van der Waals surface area contributed by atoms with Gasteiger partial charge >= 0.3 is 0 Å². The molecule has 0 aromatic carbocycles. The Kier molecular flexibility index (Phi) is 3.74. The van der Waals surface area contributed by atoms with Gasteiger partial charge in [0.1, 0.15) is 0 Å². The summed E-state index contributed by atoms with van der Waals surface area (Å²) in [4.78, 5) is 0. The highest BCUT2D eigenvalue weighted by molar-refractivity contribution is 6.69. The van der Waals surface area contributed by atoms with Gasteiger partial charge in [-0.25, -0.2) is 0 Å². The minimum Gasteiger partial charge on any atom is -0.418 e. The Morgan fingerprint density at radius 3 is 2.50 bits per heavy atom. The zero-order valence-corrected chi connectivity index (χ0v) is 9.43. The molecule has 1 saturated heterocycles. The van der Waals surface area contributed by atoms with Gasteiger partial charge in [-0.3, -0.25) is 0 Å². The molecule has 12 heavy (non-hydrogen) atoms. The molecule has 1 aliphatic rings. The van der Waals surface area contributed by atoms with Gasteiger partial charge < -0.3 is 9.16 Å². The lowest BCUT2D eigenvalue weighted by Crippen LogP contribution is -2.25. The quantitative estimate of drug-likeness (QED) is 0.363. The molecule has 0 aromatic rings. The van der Waals surface area contributed by atoms with Gasteiger partial charge in [-0.15, -0.1) is 0 Å². The summed E-state index contributed by atoms with van der Waals surface area (Å²) in [5.74, 6) is 0. The van der Waals surface area contributed by atoms with E-state index in [2.05, 4.69) is 19.6 Å². The second-order valence-electron chi connectivity index (χ2n) is 4.41. The van der Waals surface area contributed by atoms with Gasteiger partial charge in [-0.1, -0.05) is 0 Å². The molecule has 2 nitrogen and oxygen atoms in total. The Balaban J connectivity index is 1.82. The summed E-state index contributed by atoms with van der Waals surface area (Å²) < 4.78 is 10.9. The average molecular weight is 188 g/mol. The van der Waals surface area contributed by atoms with E-state index in [4.69, 9.17) is 9.16 Å². The lowest BCUT2D eigenvalue weighted by molar-refractivity contribution is 0.294. The second kappa shape index (κ2) is 4.39. The first-order valence-corrected chi connectivity index (χ1v) is 8.24. The maximum atomic E-state index is 5.73. The SMILES string of the molecule is C[Si](C)(C)OCCCC[C@@H]1CO1. The van der Waals surface area contributed by atoms with Gasteiger partial charge in [-0.2, -0.15) is 0 Å². The third kappa shape index (κ3) is 5.74. The topological polar surface area (TPSA) is 21.8 Å². The van der Waals surface area contributed by atoms with E-state index in [1.54, 1.807) is 0 Å². The van der Waals surface area contributed by atoms with Crippen LogP contribution in [0.25, 0.3) is 0 Å². The van der Waals surface area contributed by atoms with Crippen LogP contribution >= 0.6 is 0 Å². The number of rotatable bonds is 6. The van der Waals surface area contributed by atoms with E-state index < -0.39 is 8.32 Å². The summed E-state index contributed by atoms with van der Waals surface area (Å²) in [6.07, 6.45) is 4.28. The zero-order valence-electron chi connectivity index (χ0n) is 8.43. The first kappa shape index (κ1) is 10.2. The summed E-state index contributed by atoms with van der Waals surface area (Å²) in [6, 6.07) is 0. The number of hydrogen-bond donors (Lipinski definition) is 0. The van der Waals surface area contributed by atoms with Gasteiger partial charge in [0.15, 0.2) is 8.32 Å². The molecule has 3 heteroatoms. The maximum absolute atomic E-state index is 5.73. The smallest absolute Gasteiger partial charge is 0.183 e. The van der Waals surface area contributed by atoms with E-state index >= 15 is 0 Å². The van der Waals surface area contributed by atoms with E-state index in [9.17, 15) is 0 Å². The largest absolute Gasteiger partial charge is 0.418 e. The molecular weight excluding hydrogens is 168 g/mol. The van der Waals surface area contributed by atoms with Crippen LogP contribution in [0.3, 0.4) is 0 Å². The van der Waals surface area contributed by atoms with Crippen molar-refractivity contribution in [3.05, 3.63) is 0 Å². The molecule has 1 atom stereocenters. The molecule has 0 bridgehead atoms. The van der Waals surface area contributed by atoms with Crippen LogP contribution in [-0.4, -0.2) is 27.6 Å². The molecule has 0 amide bonds. The van der Waals surface area contributed by atoms with E-state index in [0.29, 0.717) is 6.10 Å². The van der Waals surface area contributed by atoms with Crippen molar-refractivity contribution in [3.63, 3.8) is 0 Å². The van der Waals surface area contributed by atoms with Crippen LogP contribution in [0.15, 0.2) is 0 Å². The predicted molar refractivity (Wildman–Crippen MR) is 52.9 cm³/mol. The third-order valence-electron chi connectivity index (χ3n) is 1.86. The zero-order chi connectivity index (χ0) is 9.03. The van der Waals surface area contributed by atoms with Crippen LogP contribution in [0.2, 0.25) is 19.6 Å². The van der Waals surface area contributed by atoms with Gasteiger partial charge in [0.2, 0.25) is 0 Å². The predicted octanol–water partition coefficient (Wildman–Crippen LogP) is 2.41. The molecule has 1 fully saturated rings. The molecule has 1 rings (SSSR count). The van der Waals surface area contributed by atoms with Crippen LogP contribution in [0.5, 0.6) is 0 Å². The standard InChI is InChI=1S/C9H20O2Si/c1-12(2,3)11-7-5-4-6-9-8-10-9/h9H,4-8H2,1-3H3/t9-/m1/s1. The number of unbranched alkanes of at least 4 members (excludes halogenated alkanes) is 1. The van der Waals surface area contributed by atoms with Crippen LogP contribution < -0.4 is 0 Å². The number of hydrogen-bond acceptors (Lipinski definition) is 2. The molecule has 0 unspecified atom stereocenters. The molecule has 1 heterocycles. The minimum absolute atomic E-state index is 0.594. The highest BCUT2D eigenvalue weighted by Crippen LogP contribution is 2.16. The van der Waals surface area contributed by atoms with E-state index in [-0.39, 0.29) is 0 Å². The van der Waals surface area contributed by atoms with Crippen molar-refractivity contribution in [3.8, 4) is 0 Å². The van der Waals surface area contributed by atoms with Crippen LogP contribution in [-0.2, 0) is 9.16 Å². The highest BCUT2D eigenvalue weighted by atomic mass is 28.4. The molecule has 0 N–H and O–H groups in total. The summed E-state index contributed by atoms with van der Waals surface area (Å²) in [5, 5.41) is 0. The van der Waals surface area contributed by atoms with Crippen molar-refractivity contribution in [2.45, 2.75) is 45.0 Å². The summed E-state index contributed by atoms with van der Waals surface area (Å²) in [6.45, 7) is 8.64. The Morgan fingerprint density at radius 2 is 2.00 bits per heavy atom. The number of epoxide rings is 1. The van der Waals surface area contributed by atoms with Crippen molar-refractivity contribution >= 4 is 8.32 Å². The summed E-state index contributed by atoms with van der Waals surface area (Å²) in [7, 11) is -1.25. The van der Waals surface area contributed by atoms with Crippen molar-refractivity contribution < 1.29 is 9.16 Å². The van der Waals surface area contributed by atoms with Crippen molar-refractivity contribution in [2.24, 2.45) is 0 Å². The number of ether oxygens (including phenoxy) is 1. The van der Waals surface area contributed by atoms with Gasteiger partial charge in [0.25, 0.3) is 0 Å². The lowest BCUT2D eigenvalue weighted by atomic mass is 10.2. The second-order valence-corrected chi connectivity index (χ2v) is 8.93. The average Bonchev–Trinajstić information content (AvgIpc) is 2.68. The van der Waals surface area contributed by atoms with Crippen LogP contribution in [0.1, 0.15) is 19.3 Å². The van der Waals surface area contributed by atoms with Gasteiger partial charge in [0, 0.05) is 6.61 Å². The molecule has 0 aromatic heterocycles. The fourth-order valence-corrected chi connectivity index (χ4v) is 1.84. The van der Waals surface area contributed by atoms with Crippen LogP contribution in [0.4, 0.5) is 0 Å². The van der Waals surface area contributed by atoms with E-state index in [1.165, 1.54) is 19.3 Å². The molecule has 1 aliphatic heterocycles. The Hall–Kier alpha value is 0.137. The highest BCUT2D eigenvalue weighted by Gasteiger charge is 2.21. The molecule has 0 aliphatic carbocycles. The van der Waals surface area contributed by atoms with Gasteiger partial charge in [-0.05, 0) is 38.9 Å². The molecule has 0 saturated carbocycles. The molecule has 72 valence electrons. The van der Waals surface area contributed by atoms with E-state index in [0.717, 1.165) is 13.2 Å². The Morgan fingerprint density at radius 1 is 1.33 bits per heavy atom. The lowest BCUT2D eigenvalue weighted by Gasteiger charge is -2.16. The molecule has 0 radical (unpaired) electrons. The Labute approximate surface area is 76.4 Å². The van der Waals surface area contributed by atoms with Crippen LogP contribution in [0, 0.1) is 0 Å². The summed E-state index contributed by atoms with van der Waals surface area (Å²) in [5.41, 5.74) is 0. The minimum atomic E-state index is -1.25. The summed E-state index contributed by atoms with van der Waals surface area (Å²) >= 11 is 0.